The standard InChI is InChI=1S/C12H10ClN3O3S/c1-6-7(2)20-12(14-6)15-11(17)8-3-4-10(16(18)19)9(13)5-8/h3-5H,1-2H3,(H,14,15,17). The molecule has 20 heavy (non-hydrogen) atoms. The first kappa shape index (κ1) is 14.4. The van der Waals surface area contributed by atoms with Crippen molar-refractivity contribution in [2.45, 2.75) is 13.8 Å². The van der Waals surface area contributed by atoms with Crippen molar-refractivity contribution >= 4 is 39.7 Å². The first-order chi connectivity index (χ1) is 9.38. The van der Waals surface area contributed by atoms with Crippen LogP contribution in [0.2, 0.25) is 5.02 Å². The van der Waals surface area contributed by atoms with Gasteiger partial charge in [-0.15, -0.1) is 11.3 Å². The molecule has 1 aromatic heterocycles. The highest BCUT2D eigenvalue weighted by Gasteiger charge is 2.16. The molecule has 1 N–H and O–H groups in total. The van der Waals surface area contributed by atoms with E-state index in [-0.39, 0.29) is 16.3 Å². The van der Waals surface area contributed by atoms with E-state index >= 15 is 0 Å². The van der Waals surface area contributed by atoms with Crippen LogP contribution < -0.4 is 5.32 Å². The molecule has 104 valence electrons. The average molecular weight is 312 g/mol. The Morgan fingerprint density at radius 3 is 2.65 bits per heavy atom. The summed E-state index contributed by atoms with van der Waals surface area (Å²) in [4.78, 5) is 27.2. The smallest absolute Gasteiger partial charge is 0.287 e. The van der Waals surface area contributed by atoms with E-state index in [1.54, 1.807) is 0 Å². The first-order valence-corrected chi connectivity index (χ1v) is 6.77. The maximum atomic E-state index is 12.0. The van der Waals surface area contributed by atoms with Crippen molar-refractivity contribution in [1.82, 2.24) is 4.98 Å². The van der Waals surface area contributed by atoms with E-state index in [1.807, 2.05) is 13.8 Å². The number of anilines is 1. The molecule has 0 aliphatic rings. The van der Waals surface area contributed by atoms with E-state index in [4.69, 9.17) is 11.6 Å². The molecule has 1 amide bonds. The molecule has 0 saturated heterocycles. The predicted molar refractivity (Wildman–Crippen MR) is 77.6 cm³/mol. The third-order valence-corrected chi connectivity index (χ3v) is 3.95. The Bertz CT molecular complexity index is 680. The van der Waals surface area contributed by atoms with Crippen LogP contribution in [-0.4, -0.2) is 15.8 Å². The lowest BCUT2D eigenvalue weighted by atomic mass is 10.2. The van der Waals surface area contributed by atoms with Crippen molar-refractivity contribution in [2.24, 2.45) is 0 Å². The fourth-order valence-corrected chi connectivity index (χ4v) is 2.55. The Morgan fingerprint density at radius 2 is 2.15 bits per heavy atom. The predicted octanol–water partition coefficient (Wildman–Crippen LogP) is 3.57. The fraction of sp³-hybridized carbons (Fsp3) is 0.167. The number of carbonyl (C=O) groups excluding carboxylic acids is 1. The molecule has 2 rings (SSSR count). The van der Waals surface area contributed by atoms with Gasteiger partial charge in [-0.05, 0) is 26.0 Å². The first-order valence-electron chi connectivity index (χ1n) is 5.58. The van der Waals surface area contributed by atoms with Crippen molar-refractivity contribution in [3.63, 3.8) is 0 Å². The molecule has 2 aromatic rings. The zero-order valence-corrected chi connectivity index (χ0v) is 12.2. The van der Waals surface area contributed by atoms with Gasteiger partial charge in [-0.1, -0.05) is 11.6 Å². The fourth-order valence-electron chi connectivity index (χ4n) is 1.49. The zero-order valence-electron chi connectivity index (χ0n) is 10.6. The van der Waals surface area contributed by atoms with E-state index < -0.39 is 10.8 Å². The van der Waals surface area contributed by atoms with Gasteiger partial charge in [0.1, 0.15) is 5.02 Å². The summed E-state index contributed by atoms with van der Waals surface area (Å²) >= 11 is 7.13. The van der Waals surface area contributed by atoms with Crippen molar-refractivity contribution < 1.29 is 9.72 Å². The minimum atomic E-state index is -0.600. The third-order valence-electron chi connectivity index (χ3n) is 2.66. The molecule has 0 unspecified atom stereocenters. The summed E-state index contributed by atoms with van der Waals surface area (Å²) in [5, 5.41) is 13.7. The van der Waals surface area contributed by atoms with Crippen molar-refractivity contribution in [1.29, 1.82) is 0 Å². The Morgan fingerprint density at radius 1 is 1.45 bits per heavy atom. The van der Waals surface area contributed by atoms with Gasteiger partial charge in [-0.2, -0.15) is 0 Å². The molecule has 1 aromatic carbocycles. The minimum absolute atomic E-state index is 0.0749. The van der Waals surface area contributed by atoms with Crippen LogP contribution in [0.1, 0.15) is 20.9 Å². The summed E-state index contributed by atoms with van der Waals surface area (Å²) in [6, 6.07) is 3.82. The quantitative estimate of drug-likeness (QED) is 0.693. The SMILES string of the molecule is Cc1nc(NC(=O)c2ccc([N+](=O)[O-])c(Cl)c2)sc1C. The van der Waals surface area contributed by atoms with Gasteiger partial charge in [0.05, 0.1) is 10.6 Å². The zero-order chi connectivity index (χ0) is 14.9. The van der Waals surface area contributed by atoms with Crippen molar-refractivity contribution in [2.75, 3.05) is 5.32 Å². The number of hydrogen-bond donors (Lipinski definition) is 1. The number of aromatic nitrogens is 1. The second-order valence-corrected chi connectivity index (χ2v) is 5.65. The molecule has 0 aliphatic carbocycles. The number of nitro benzene ring substituents is 1. The number of carbonyl (C=O) groups is 1. The number of nitro groups is 1. The van der Waals surface area contributed by atoms with Gasteiger partial charge in [-0.3, -0.25) is 20.2 Å². The number of rotatable bonds is 3. The van der Waals surface area contributed by atoms with Gasteiger partial charge in [0, 0.05) is 16.5 Å². The number of benzene rings is 1. The summed E-state index contributed by atoms with van der Waals surface area (Å²) in [5.74, 6) is -0.407. The summed E-state index contributed by atoms with van der Waals surface area (Å²) in [6.07, 6.45) is 0. The summed E-state index contributed by atoms with van der Waals surface area (Å²) < 4.78 is 0. The van der Waals surface area contributed by atoms with E-state index in [2.05, 4.69) is 10.3 Å². The molecule has 0 saturated carbocycles. The number of aryl methyl sites for hydroxylation is 2. The van der Waals surface area contributed by atoms with Crippen LogP contribution >= 0.6 is 22.9 Å². The molecule has 0 spiro atoms. The Labute approximate surface area is 123 Å². The molecule has 8 heteroatoms. The van der Waals surface area contributed by atoms with Crippen LogP contribution in [0.3, 0.4) is 0 Å². The molecule has 1 heterocycles. The number of halogens is 1. The Kier molecular flexibility index (Phi) is 4.01. The summed E-state index contributed by atoms with van der Waals surface area (Å²) in [5.41, 5.74) is 0.863. The molecule has 0 aliphatic heterocycles. The summed E-state index contributed by atoms with van der Waals surface area (Å²) in [7, 11) is 0. The topological polar surface area (TPSA) is 85.1 Å². The van der Waals surface area contributed by atoms with Crippen LogP contribution in [0.15, 0.2) is 18.2 Å². The second-order valence-electron chi connectivity index (χ2n) is 4.04. The van der Waals surface area contributed by atoms with Gasteiger partial charge in [-0.25, -0.2) is 4.98 Å². The van der Waals surface area contributed by atoms with Crippen LogP contribution in [0.25, 0.3) is 0 Å². The highest BCUT2D eigenvalue weighted by Crippen LogP contribution is 2.26. The highest BCUT2D eigenvalue weighted by atomic mass is 35.5. The van der Waals surface area contributed by atoms with Crippen molar-refractivity contribution in [3.8, 4) is 0 Å². The van der Waals surface area contributed by atoms with Crippen molar-refractivity contribution in [3.05, 3.63) is 49.5 Å². The maximum absolute atomic E-state index is 12.0. The summed E-state index contributed by atoms with van der Waals surface area (Å²) in [6.45, 7) is 3.76. The van der Waals surface area contributed by atoms with Gasteiger partial charge in [0.25, 0.3) is 11.6 Å². The average Bonchev–Trinajstić information content (AvgIpc) is 2.67. The Hall–Kier alpha value is -1.99. The monoisotopic (exact) mass is 311 g/mol. The number of amides is 1. The van der Waals surface area contributed by atoms with E-state index in [0.717, 1.165) is 10.6 Å². The maximum Gasteiger partial charge on any atom is 0.287 e. The molecule has 0 atom stereocenters. The largest absolute Gasteiger partial charge is 0.298 e. The number of thiazole rings is 1. The molecular formula is C12H10ClN3O3S. The van der Waals surface area contributed by atoms with Gasteiger partial charge >= 0.3 is 0 Å². The number of hydrogen-bond acceptors (Lipinski definition) is 5. The lowest BCUT2D eigenvalue weighted by Crippen LogP contribution is -2.11. The third kappa shape index (κ3) is 2.94. The molecule has 6 nitrogen and oxygen atoms in total. The Balaban J connectivity index is 2.21. The molecular weight excluding hydrogens is 302 g/mol. The van der Waals surface area contributed by atoms with Gasteiger partial charge in [0.2, 0.25) is 0 Å². The number of nitrogens with zero attached hydrogens (tertiary/aromatic N) is 2. The lowest BCUT2D eigenvalue weighted by molar-refractivity contribution is -0.384. The highest BCUT2D eigenvalue weighted by molar-refractivity contribution is 7.15. The van der Waals surface area contributed by atoms with E-state index in [0.29, 0.717) is 5.13 Å². The van der Waals surface area contributed by atoms with E-state index in [1.165, 1.54) is 29.5 Å². The minimum Gasteiger partial charge on any atom is -0.298 e. The molecule has 0 fully saturated rings. The lowest BCUT2D eigenvalue weighted by Gasteiger charge is -2.02. The normalized spacial score (nSPS) is 10.3. The molecule has 0 radical (unpaired) electrons. The van der Waals surface area contributed by atoms with Crippen LogP contribution in [0.4, 0.5) is 10.8 Å². The molecule has 0 bridgehead atoms. The van der Waals surface area contributed by atoms with Crippen LogP contribution in [0.5, 0.6) is 0 Å². The van der Waals surface area contributed by atoms with Gasteiger partial charge < -0.3 is 0 Å². The second kappa shape index (κ2) is 5.56. The number of nitrogens with one attached hydrogen (secondary N) is 1. The van der Waals surface area contributed by atoms with Crippen LogP contribution in [-0.2, 0) is 0 Å². The van der Waals surface area contributed by atoms with E-state index in [9.17, 15) is 14.9 Å². The van der Waals surface area contributed by atoms with Crippen LogP contribution in [0, 0.1) is 24.0 Å². The van der Waals surface area contributed by atoms with Gasteiger partial charge in [0.15, 0.2) is 5.13 Å².